The van der Waals surface area contributed by atoms with Crippen LogP contribution in [-0.2, 0) is 16.6 Å². The molecule has 0 saturated heterocycles. The molecule has 21 heavy (non-hydrogen) atoms. The molecular weight excluding hydrogens is 292 g/mol. The van der Waals surface area contributed by atoms with E-state index in [0.717, 1.165) is 5.56 Å². The first kappa shape index (κ1) is 17.7. The highest BCUT2D eigenvalue weighted by Crippen LogP contribution is 2.27. The summed E-state index contributed by atoms with van der Waals surface area (Å²) in [6.07, 6.45) is 0. The highest BCUT2D eigenvalue weighted by atomic mass is 32.2. The summed E-state index contributed by atoms with van der Waals surface area (Å²) < 4.78 is 36.2. The molecule has 6 nitrogen and oxygen atoms in total. The van der Waals surface area contributed by atoms with Crippen molar-refractivity contribution in [1.29, 1.82) is 0 Å². The normalized spacial score (nSPS) is 11.7. The molecule has 1 rings (SSSR count). The largest absolute Gasteiger partial charge is 0.493 e. The smallest absolute Gasteiger partial charge is 0.213 e. The Morgan fingerprint density at radius 3 is 2.38 bits per heavy atom. The Balaban J connectivity index is 2.46. The van der Waals surface area contributed by atoms with E-state index in [-0.39, 0.29) is 11.8 Å². The van der Waals surface area contributed by atoms with Crippen LogP contribution in [0.4, 0.5) is 0 Å². The Kier molecular flexibility index (Phi) is 6.94. The van der Waals surface area contributed by atoms with Gasteiger partial charge in [0.1, 0.15) is 0 Å². The van der Waals surface area contributed by atoms with Crippen molar-refractivity contribution < 1.29 is 17.9 Å². The average Bonchev–Trinajstić information content (AvgIpc) is 2.42. The Morgan fingerprint density at radius 2 is 1.81 bits per heavy atom. The summed E-state index contributed by atoms with van der Waals surface area (Å²) in [4.78, 5) is 0. The maximum Gasteiger partial charge on any atom is 0.213 e. The third kappa shape index (κ3) is 6.33. The minimum atomic E-state index is -3.22. The van der Waals surface area contributed by atoms with Gasteiger partial charge in [-0.15, -0.1) is 0 Å². The highest BCUT2D eigenvalue weighted by Gasteiger charge is 2.11. The van der Waals surface area contributed by atoms with Crippen LogP contribution in [0.25, 0.3) is 0 Å². The van der Waals surface area contributed by atoms with E-state index in [1.165, 1.54) is 0 Å². The molecular formula is C14H24N2O4S. The molecule has 0 saturated carbocycles. The second-order valence-electron chi connectivity index (χ2n) is 4.96. The Labute approximate surface area is 126 Å². The molecule has 0 bridgehead atoms. The molecule has 0 aliphatic heterocycles. The third-order valence-corrected chi connectivity index (χ3v) is 4.31. The van der Waals surface area contributed by atoms with Gasteiger partial charge in [0.15, 0.2) is 11.5 Å². The van der Waals surface area contributed by atoms with Crippen LogP contribution in [0.1, 0.15) is 19.4 Å². The molecule has 0 aromatic heterocycles. The van der Waals surface area contributed by atoms with E-state index in [2.05, 4.69) is 10.0 Å². The van der Waals surface area contributed by atoms with Gasteiger partial charge in [-0.2, -0.15) is 0 Å². The molecule has 1 aromatic rings. The second kappa shape index (κ2) is 8.21. The predicted molar refractivity (Wildman–Crippen MR) is 83.3 cm³/mol. The van der Waals surface area contributed by atoms with Crippen LogP contribution in [0, 0.1) is 0 Å². The van der Waals surface area contributed by atoms with E-state index < -0.39 is 10.0 Å². The highest BCUT2D eigenvalue weighted by molar-refractivity contribution is 7.89. The number of rotatable bonds is 9. The van der Waals surface area contributed by atoms with Crippen molar-refractivity contribution in [3.63, 3.8) is 0 Å². The monoisotopic (exact) mass is 316 g/mol. The van der Waals surface area contributed by atoms with Crippen molar-refractivity contribution in [3.05, 3.63) is 23.8 Å². The van der Waals surface area contributed by atoms with Crippen LogP contribution in [0.3, 0.4) is 0 Å². The van der Waals surface area contributed by atoms with Crippen LogP contribution in [-0.4, -0.2) is 41.0 Å². The molecule has 1 aromatic carbocycles. The molecule has 2 N–H and O–H groups in total. The molecule has 0 heterocycles. The van der Waals surface area contributed by atoms with E-state index >= 15 is 0 Å². The minimum absolute atomic E-state index is 0.0540. The molecule has 0 fully saturated rings. The number of hydrogen-bond acceptors (Lipinski definition) is 5. The molecule has 0 atom stereocenters. The van der Waals surface area contributed by atoms with Crippen LogP contribution in [0.5, 0.6) is 11.5 Å². The van der Waals surface area contributed by atoms with Gasteiger partial charge in [-0.05, 0) is 31.5 Å². The lowest BCUT2D eigenvalue weighted by molar-refractivity contribution is 0.354. The number of methoxy groups -OCH3 is 2. The summed E-state index contributed by atoms with van der Waals surface area (Å²) in [6.45, 7) is 4.55. The average molecular weight is 316 g/mol. The van der Waals surface area contributed by atoms with Gasteiger partial charge in [0, 0.05) is 19.1 Å². The van der Waals surface area contributed by atoms with Gasteiger partial charge in [0.05, 0.1) is 20.0 Å². The van der Waals surface area contributed by atoms with Gasteiger partial charge in [-0.1, -0.05) is 6.07 Å². The lowest BCUT2D eigenvalue weighted by Crippen LogP contribution is -2.35. The van der Waals surface area contributed by atoms with Crippen molar-refractivity contribution in [3.8, 4) is 11.5 Å². The first-order chi connectivity index (χ1) is 9.88. The van der Waals surface area contributed by atoms with E-state index in [0.29, 0.717) is 24.6 Å². The molecule has 0 amide bonds. The van der Waals surface area contributed by atoms with Gasteiger partial charge in [-0.3, -0.25) is 0 Å². The van der Waals surface area contributed by atoms with E-state index in [1.807, 2.05) is 18.2 Å². The SMILES string of the molecule is COc1ccc(CNCCS(=O)(=O)NC(C)C)cc1OC. The van der Waals surface area contributed by atoms with Gasteiger partial charge >= 0.3 is 0 Å². The van der Waals surface area contributed by atoms with E-state index in [9.17, 15) is 8.42 Å². The lowest BCUT2D eigenvalue weighted by Gasteiger charge is -2.11. The van der Waals surface area contributed by atoms with Crippen LogP contribution in [0.2, 0.25) is 0 Å². The second-order valence-corrected chi connectivity index (χ2v) is 6.83. The predicted octanol–water partition coefficient (Wildman–Crippen LogP) is 1.12. The molecule has 120 valence electrons. The van der Waals surface area contributed by atoms with E-state index in [1.54, 1.807) is 28.1 Å². The van der Waals surface area contributed by atoms with Crippen molar-refractivity contribution in [2.75, 3.05) is 26.5 Å². The van der Waals surface area contributed by atoms with Crippen LogP contribution >= 0.6 is 0 Å². The topological polar surface area (TPSA) is 76.7 Å². The summed E-state index contributed by atoms with van der Waals surface area (Å²) in [5.41, 5.74) is 1.00. The molecule has 0 aliphatic rings. The lowest BCUT2D eigenvalue weighted by atomic mass is 10.2. The van der Waals surface area contributed by atoms with Gasteiger partial charge in [-0.25, -0.2) is 13.1 Å². The Bertz CT molecular complexity index is 544. The summed E-state index contributed by atoms with van der Waals surface area (Å²) in [6, 6.07) is 5.52. The van der Waals surface area contributed by atoms with Gasteiger partial charge < -0.3 is 14.8 Å². The molecule has 0 aliphatic carbocycles. The zero-order valence-electron chi connectivity index (χ0n) is 13.0. The summed E-state index contributed by atoms with van der Waals surface area (Å²) >= 11 is 0. The van der Waals surface area contributed by atoms with Crippen molar-refractivity contribution in [2.24, 2.45) is 0 Å². The van der Waals surface area contributed by atoms with Crippen molar-refractivity contribution >= 4 is 10.0 Å². The quantitative estimate of drug-likeness (QED) is 0.668. The first-order valence-corrected chi connectivity index (χ1v) is 8.45. The number of ether oxygens (including phenoxy) is 2. The van der Waals surface area contributed by atoms with Gasteiger partial charge in [0.25, 0.3) is 0 Å². The molecule has 7 heteroatoms. The van der Waals surface area contributed by atoms with Crippen LogP contribution in [0.15, 0.2) is 18.2 Å². The summed E-state index contributed by atoms with van der Waals surface area (Å²) in [5, 5.41) is 3.10. The van der Waals surface area contributed by atoms with E-state index in [4.69, 9.17) is 9.47 Å². The number of sulfonamides is 1. The van der Waals surface area contributed by atoms with Gasteiger partial charge in [0.2, 0.25) is 10.0 Å². The molecule has 0 spiro atoms. The standard InChI is InChI=1S/C14H24N2O4S/c1-11(2)16-21(17,18)8-7-15-10-12-5-6-13(19-3)14(9-12)20-4/h5-6,9,11,15-16H,7-8,10H2,1-4H3. The van der Waals surface area contributed by atoms with Crippen molar-refractivity contribution in [2.45, 2.75) is 26.4 Å². The number of hydrogen-bond donors (Lipinski definition) is 2. The minimum Gasteiger partial charge on any atom is -0.493 e. The fraction of sp³-hybridized carbons (Fsp3) is 0.571. The fourth-order valence-electron chi connectivity index (χ4n) is 1.85. The van der Waals surface area contributed by atoms with Crippen molar-refractivity contribution in [1.82, 2.24) is 10.0 Å². The Morgan fingerprint density at radius 1 is 1.14 bits per heavy atom. The molecule has 0 unspecified atom stereocenters. The maximum absolute atomic E-state index is 11.6. The maximum atomic E-state index is 11.6. The zero-order chi connectivity index (χ0) is 15.9. The first-order valence-electron chi connectivity index (χ1n) is 6.79. The molecule has 0 radical (unpaired) electrons. The summed E-state index contributed by atoms with van der Waals surface area (Å²) in [5.74, 6) is 1.38. The fourth-order valence-corrected chi connectivity index (χ4v) is 3.10. The summed E-state index contributed by atoms with van der Waals surface area (Å²) in [7, 11) is -0.0477. The Hall–Kier alpha value is -1.31. The third-order valence-electron chi connectivity index (χ3n) is 2.74. The number of nitrogens with one attached hydrogen (secondary N) is 2. The van der Waals surface area contributed by atoms with Crippen LogP contribution < -0.4 is 19.5 Å². The number of benzene rings is 1. The zero-order valence-corrected chi connectivity index (χ0v) is 13.8.